The van der Waals surface area contributed by atoms with Gasteiger partial charge in [-0.1, -0.05) is 12.1 Å². The van der Waals surface area contributed by atoms with Crippen LogP contribution in [0.3, 0.4) is 0 Å². The van der Waals surface area contributed by atoms with Crippen LogP contribution in [0.4, 0.5) is 11.5 Å². The monoisotopic (exact) mass is 401 g/mol. The van der Waals surface area contributed by atoms with Crippen LogP contribution in [-0.2, 0) is 11.3 Å². The average molecular weight is 401 g/mol. The Bertz CT molecular complexity index is 1140. The largest absolute Gasteiger partial charge is 0.394 e. The van der Waals surface area contributed by atoms with Gasteiger partial charge in [0.2, 0.25) is 0 Å². The third-order valence-corrected chi connectivity index (χ3v) is 5.06. The Kier molecular flexibility index (Phi) is 4.78. The normalized spacial score (nSPS) is 21.7. The van der Waals surface area contributed by atoms with E-state index in [4.69, 9.17) is 10.5 Å². The highest BCUT2D eigenvalue weighted by Crippen LogP contribution is 2.29. The van der Waals surface area contributed by atoms with Gasteiger partial charge >= 0.3 is 5.69 Å². The van der Waals surface area contributed by atoms with Crippen molar-refractivity contribution in [3.63, 3.8) is 0 Å². The molecule has 1 saturated heterocycles. The smallest absolute Gasteiger partial charge is 0.351 e. The molecule has 3 heterocycles. The number of aromatic nitrogens is 3. The quantitative estimate of drug-likeness (QED) is 0.409. The van der Waals surface area contributed by atoms with Crippen LogP contribution in [0.1, 0.15) is 18.2 Å². The van der Waals surface area contributed by atoms with Gasteiger partial charge < -0.3 is 25.3 Å². The number of nitrogen functional groups attached to an aromatic ring is 1. The van der Waals surface area contributed by atoms with Gasteiger partial charge in [-0.2, -0.15) is 4.98 Å². The molecule has 0 spiro atoms. The van der Waals surface area contributed by atoms with Crippen LogP contribution in [0.15, 0.2) is 41.5 Å². The van der Waals surface area contributed by atoms with Gasteiger partial charge in [0.15, 0.2) is 0 Å². The predicted octanol–water partition coefficient (Wildman–Crippen LogP) is 0.377. The molecule has 11 nitrogen and oxygen atoms in total. The first-order valence-corrected chi connectivity index (χ1v) is 8.93. The molecule has 0 radical (unpaired) electrons. The minimum Gasteiger partial charge on any atom is -0.394 e. The van der Waals surface area contributed by atoms with Crippen LogP contribution in [0, 0.1) is 10.1 Å². The van der Waals surface area contributed by atoms with Crippen molar-refractivity contribution in [2.24, 2.45) is 0 Å². The summed E-state index contributed by atoms with van der Waals surface area (Å²) < 4.78 is 8.40. The number of ether oxygens (including phenoxy) is 1. The highest BCUT2D eigenvalue weighted by Gasteiger charge is 2.35. The van der Waals surface area contributed by atoms with E-state index in [0.717, 1.165) is 0 Å². The molecular formula is C18H19N5O6. The molecule has 11 heteroatoms. The molecule has 4 rings (SSSR count). The van der Waals surface area contributed by atoms with Crippen molar-refractivity contribution >= 4 is 22.4 Å². The summed E-state index contributed by atoms with van der Waals surface area (Å²) in [5.41, 5.74) is 6.13. The minimum absolute atomic E-state index is 0.00365. The van der Waals surface area contributed by atoms with Gasteiger partial charge in [0, 0.05) is 35.8 Å². The van der Waals surface area contributed by atoms with Crippen molar-refractivity contribution in [3.05, 3.63) is 62.8 Å². The van der Waals surface area contributed by atoms with E-state index in [1.807, 2.05) is 0 Å². The molecule has 0 amide bonds. The number of rotatable bonds is 5. The Balaban J connectivity index is 1.73. The molecule has 0 bridgehead atoms. The van der Waals surface area contributed by atoms with E-state index in [1.165, 1.54) is 16.8 Å². The molecule has 3 atom stereocenters. The van der Waals surface area contributed by atoms with Crippen LogP contribution in [0.2, 0.25) is 0 Å². The fourth-order valence-electron chi connectivity index (χ4n) is 3.60. The predicted molar refractivity (Wildman–Crippen MR) is 102 cm³/mol. The molecule has 0 unspecified atom stereocenters. The molecule has 1 aromatic carbocycles. The molecule has 4 N–H and O–H groups in total. The second kappa shape index (κ2) is 7.28. The Morgan fingerprint density at radius 1 is 1.38 bits per heavy atom. The number of para-hydroxylation sites is 1. The van der Waals surface area contributed by atoms with E-state index < -0.39 is 29.0 Å². The molecule has 1 aliphatic rings. The van der Waals surface area contributed by atoms with Crippen molar-refractivity contribution in [1.82, 2.24) is 14.1 Å². The SMILES string of the molecule is Nc1nc(=O)n([C@H]2C[C@H](O)[C@@H](CO)O2)cc1Cn1ccc2cccc([N+](=O)[O-])c21. The summed E-state index contributed by atoms with van der Waals surface area (Å²) in [4.78, 5) is 27.1. The lowest BCUT2D eigenvalue weighted by Crippen LogP contribution is -2.29. The number of aliphatic hydroxyl groups is 2. The molecule has 1 fully saturated rings. The van der Waals surface area contributed by atoms with Gasteiger partial charge in [-0.3, -0.25) is 14.7 Å². The maximum Gasteiger partial charge on any atom is 0.351 e. The third kappa shape index (κ3) is 3.35. The van der Waals surface area contributed by atoms with E-state index in [0.29, 0.717) is 16.5 Å². The minimum atomic E-state index is -0.908. The number of hydrogen-bond acceptors (Lipinski definition) is 8. The second-order valence-corrected chi connectivity index (χ2v) is 6.87. The van der Waals surface area contributed by atoms with Crippen LogP contribution < -0.4 is 11.4 Å². The van der Waals surface area contributed by atoms with Crippen LogP contribution in [-0.4, -0.2) is 48.1 Å². The van der Waals surface area contributed by atoms with Gasteiger partial charge in [-0.25, -0.2) is 4.79 Å². The fraction of sp³-hybridized carbons (Fsp3) is 0.333. The number of fused-ring (bicyclic) bond motifs is 1. The van der Waals surface area contributed by atoms with E-state index in [9.17, 15) is 25.1 Å². The molecule has 1 aliphatic heterocycles. The fourth-order valence-corrected chi connectivity index (χ4v) is 3.60. The van der Waals surface area contributed by atoms with Gasteiger partial charge in [-0.15, -0.1) is 0 Å². The summed E-state index contributed by atoms with van der Waals surface area (Å²) in [7, 11) is 0. The first-order chi connectivity index (χ1) is 13.9. The molecule has 152 valence electrons. The lowest BCUT2D eigenvalue weighted by molar-refractivity contribution is -0.383. The topological polar surface area (TPSA) is 159 Å². The van der Waals surface area contributed by atoms with Crippen molar-refractivity contribution < 1.29 is 19.9 Å². The van der Waals surface area contributed by atoms with Gasteiger partial charge in [0.05, 0.1) is 24.2 Å². The summed E-state index contributed by atoms with van der Waals surface area (Å²) in [6, 6.07) is 6.56. The number of hydrogen-bond donors (Lipinski definition) is 3. The zero-order valence-corrected chi connectivity index (χ0v) is 15.2. The van der Waals surface area contributed by atoms with E-state index in [2.05, 4.69) is 4.98 Å². The molecule has 3 aromatic rings. The van der Waals surface area contributed by atoms with Gasteiger partial charge in [0.1, 0.15) is 23.7 Å². The van der Waals surface area contributed by atoms with Crippen LogP contribution in [0.25, 0.3) is 10.9 Å². The van der Waals surface area contributed by atoms with Crippen LogP contribution in [0.5, 0.6) is 0 Å². The zero-order chi connectivity index (χ0) is 20.7. The first kappa shape index (κ1) is 19.1. The second-order valence-electron chi connectivity index (χ2n) is 6.87. The Hall–Kier alpha value is -3.28. The summed E-state index contributed by atoms with van der Waals surface area (Å²) in [5.74, 6) is 0.00365. The van der Waals surface area contributed by atoms with Crippen molar-refractivity contribution in [2.75, 3.05) is 12.3 Å². The number of aliphatic hydroxyl groups excluding tert-OH is 2. The van der Waals surface area contributed by atoms with E-state index in [-0.39, 0.29) is 31.1 Å². The lowest BCUT2D eigenvalue weighted by atomic mass is 10.2. The van der Waals surface area contributed by atoms with Crippen molar-refractivity contribution in [3.8, 4) is 0 Å². The summed E-state index contributed by atoms with van der Waals surface area (Å²) >= 11 is 0. The maximum absolute atomic E-state index is 12.3. The molecule has 0 saturated carbocycles. The number of nitrogens with zero attached hydrogens (tertiary/aromatic N) is 4. The average Bonchev–Trinajstić information content (AvgIpc) is 3.26. The highest BCUT2D eigenvalue weighted by atomic mass is 16.6. The highest BCUT2D eigenvalue weighted by molar-refractivity contribution is 5.88. The number of benzene rings is 1. The Labute approximate surface area is 163 Å². The number of nitro benzene ring substituents is 1. The van der Waals surface area contributed by atoms with Gasteiger partial charge in [-0.05, 0) is 6.07 Å². The Morgan fingerprint density at radius 3 is 2.86 bits per heavy atom. The van der Waals surface area contributed by atoms with Crippen molar-refractivity contribution in [1.29, 1.82) is 0 Å². The molecule has 29 heavy (non-hydrogen) atoms. The number of anilines is 1. The van der Waals surface area contributed by atoms with E-state index in [1.54, 1.807) is 29.0 Å². The first-order valence-electron chi connectivity index (χ1n) is 8.93. The third-order valence-electron chi connectivity index (χ3n) is 5.06. The molecule has 0 aliphatic carbocycles. The zero-order valence-electron chi connectivity index (χ0n) is 15.2. The van der Waals surface area contributed by atoms with Crippen LogP contribution >= 0.6 is 0 Å². The summed E-state index contributed by atoms with van der Waals surface area (Å²) in [5, 5.41) is 31.3. The standard InChI is InChI=1S/C18H19N5O6/c19-17-11(7-21-5-4-10-2-1-3-12(16(10)21)23(27)28)8-22(18(26)20-17)15-6-13(25)14(9-24)29-15/h1-5,8,13-15,24-25H,6-7,9H2,(H2,19,20,26)/t13-,14+,15+/m0/s1. The maximum atomic E-state index is 12.3. The van der Waals surface area contributed by atoms with E-state index >= 15 is 0 Å². The van der Waals surface area contributed by atoms with Crippen molar-refractivity contribution in [2.45, 2.75) is 31.4 Å². The lowest BCUT2D eigenvalue weighted by Gasteiger charge is -2.16. The van der Waals surface area contributed by atoms with Gasteiger partial charge in [0.25, 0.3) is 5.69 Å². The summed E-state index contributed by atoms with van der Waals surface area (Å²) in [6.45, 7) is -0.229. The summed E-state index contributed by atoms with van der Waals surface area (Å²) in [6.07, 6.45) is 0.802. The number of nitrogens with two attached hydrogens (primary N) is 1. The molecule has 2 aromatic heterocycles. The number of nitro groups is 1. The number of non-ortho nitro benzene ring substituents is 1. The molecular weight excluding hydrogens is 382 g/mol. The Morgan fingerprint density at radius 2 is 2.17 bits per heavy atom.